The van der Waals surface area contributed by atoms with Crippen molar-refractivity contribution in [2.45, 2.75) is 84.5 Å². The molecule has 0 radical (unpaired) electrons. The Kier molecular flexibility index (Phi) is 12.8. The lowest BCUT2D eigenvalue weighted by Gasteiger charge is -2.21. The predicted molar refractivity (Wildman–Crippen MR) is 117 cm³/mol. The van der Waals surface area contributed by atoms with E-state index in [2.05, 4.69) is 21.3 Å². The quantitative estimate of drug-likeness (QED) is 0.202. The molecular weight excluding hydrogens is 404 g/mol. The maximum absolute atomic E-state index is 12.4. The third-order valence-electron chi connectivity index (χ3n) is 3.64. The van der Waals surface area contributed by atoms with Gasteiger partial charge in [0.05, 0.1) is 0 Å². The molecule has 0 aromatic rings. The van der Waals surface area contributed by atoms with Crippen molar-refractivity contribution in [3.63, 3.8) is 0 Å². The molecule has 0 aliphatic carbocycles. The third kappa shape index (κ3) is 17.1. The molecule has 10 heteroatoms. The van der Waals surface area contributed by atoms with Crippen LogP contribution < -0.4 is 21.3 Å². The molecule has 0 spiro atoms. The fourth-order valence-electron chi connectivity index (χ4n) is 2.43. The third-order valence-corrected chi connectivity index (χ3v) is 3.64. The van der Waals surface area contributed by atoms with Crippen LogP contribution in [0.25, 0.3) is 0 Å². The lowest BCUT2D eigenvalue weighted by Crippen LogP contribution is -2.48. The van der Waals surface area contributed by atoms with Gasteiger partial charge in [0, 0.05) is 19.6 Å². The Bertz CT molecular complexity index is 596. The molecule has 180 valence electrons. The van der Waals surface area contributed by atoms with E-state index in [9.17, 15) is 19.2 Å². The van der Waals surface area contributed by atoms with Gasteiger partial charge >= 0.3 is 12.1 Å². The topological polar surface area (TPSA) is 135 Å². The van der Waals surface area contributed by atoms with Gasteiger partial charge in [-0.3, -0.25) is 14.4 Å². The Morgan fingerprint density at radius 3 is 1.97 bits per heavy atom. The van der Waals surface area contributed by atoms with E-state index in [4.69, 9.17) is 9.47 Å². The van der Waals surface area contributed by atoms with Crippen LogP contribution >= 0.6 is 0 Å². The summed E-state index contributed by atoms with van der Waals surface area (Å²) in [6.45, 7) is 11.9. The summed E-state index contributed by atoms with van der Waals surface area (Å²) >= 11 is 0. The number of hydrogen-bond donors (Lipinski definition) is 4. The zero-order valence-corrected chi connectivity index (χ0v) is 20.0. The van der Waals surface area contributed by atoms with Gasteiger partial charge in [0.15, 0.2) is 0 Å². The molecule has 0 saturated heterocycles. The van der Waals surface area contributed by atoms with E-state index in [1.165, 1.54) is 0 Å². The van der Waals surface area contributed by atoms with Gasteiger partial charge in [-0.05, 0) is 67.9 Å². The van der Waals surface area contributed by atoms with Crippen LogP contribution in [0, 0.1) is 0 Å². The van der Waals surface area contributed by atoms with E-state index >= 15 is 0 Å². The summed E-state index contributed by atoms with van der Waals surface area (Å²) in [5, 5.41) is 10.9. The molecule has 10 nitrogen and oxygen atoms in total. The number of hydrogen-bond acceptors (Lipinski definition) is 7. The van der Waals surface area contributed by atoms with Gasteiger partial charge < -0.3 is 30.7 Å². The van der Waals surface area contributed by atoms with Crippen molar-refractivity contribution in [3.8, 4) is 0 Å². The standard InChI is InChI=1S/C21H40N4O6/c1-20(2,3)30-17(27)14-16(26)25-15(18(28)23-13-12-22-7)10-8-9-11-24-19(29)31-21(4,5)6/h15,22H,8-14H2,1-7H3,(H,23,28)(H,24,29)(H,25,26). The fraction of sp³-hybridized carbons (Fsp3) is 0.810. The van der Waals surface area contributed by atoms with Gasteiger partial charge in [0.25, 0.3) is 0 Å². The molecule has 0 saturated carbocycles. The number of amides is 3. The molecule has 0 fully saturated rings. The summed E-state index contributed by atoms with van der Waals surface area (Å²) in [4.78, 5) is 48.2. The van der Waals surface area contributed by atoms with Crippen LogP contribution in [0.5, 0.6) is 0 Å². The van der Waals surface area contributed by atoms with Crippen LogP contribution in [0.4, 0.5) is 4.79 Å². The van der Waals surface area contributed by atoms with E-state index in [-0.39, 0.29) is 5.91 Å². The summed E-state index contributed by atoms with van der Waals surface area (Å²) in [6.07, 6.45) is 0.576. The number of unbranched alkanes of at least 4 members (excludes halogenated alkanes) is 1. The van der Waals surface area contributed by atoms with E-state index in [0.29, 0.717) is 38.9 Å². The van der Waals surface area contributed by atoms with Crippen molar-refractivity contribution < 1.29 is 28.7 Å². The van der Waals surface area contributed by atoms with Gasteiger partial charge in [-0.15, -0.1) is 0 Å². The van der Waals surface area contributed by atoms with E-state index < -0.39 is 41.6 Å². The highest BCUT2D eigenvalue weighted by Gasteiger charge is 2.24. The maximum Gasteiger partial charge on any atom is 0.407 e. The van der Waals surface area contributed by atoms with E-state index in [1.807, 2.05) is 0 Å². The molecule has 1 atom stereocenters. The number of ether oxygens (including phenoxy) is 2. The number of carbonyl (C=O) groups is 4. The first-order valence-electron chi connectivity index (χ1n) is 10.6. The lowest BCUT2D eigenvalue weighted by molar-refractivity contribution is -0.156. The highest BCUT2D eigenvalue weighted by Crippen LogP contribution is 2.09. The van der Waals surface area contributed by atoms with Gasteiger partial charge in [-0.1, -0.05) is 0 Å². The average molecular weight is 445 g/mol. The number of carbonyl (C=O) groups excluding carboxylic acids is 4. The van der Waals surface area contributed by atoms with Crippen molar-refractivity contribution in [2.75, 3.05) is 26.7 Å². The van der Waals surface area contributed by atoms with Crippen LogP contribution in [-0.4, -0.2) is 67.8 Å². The van der Waals surface area contributed by atoms with Crippen LogP contribution in [0.15, 0.2) is 0 Å². The predicted octanol–water partition coefficient (Wildman–Crippen LogP) is 1.23. The van der Waals surface area contributed by atoms with Crippen molar-refractivity contribution in [1.29, 1.82) is 0 Å². The summed E-state index contributed by atoms with van der Waals surface area (Å²) in [6, 6.07) is -0.784. The number of nitrogens with one attached hydrogen (secondary N) is 4. The fourth-order valence-corrected chi connectivity index (χ4v) is 2.43. The van der Waals surface area contributed by atoms with Gasteiger partial charge in [-0.25, -0.2) is 4.79 Å². The molecular formula is C21H40N4O6. The van der Waals surface area contributed by atoms with Gasteiger partial charge in [-0.2, -0.15) is 0 Å². The molecule has 1 unspecified atom stereocenters. The zero-order chi connectivity index (χ0) is 24.1. The Hall–Kier alpha value is -2.36. The first-order chi connectivity index (χ1) is 14.2. The molecule has 0 heterocycles. The summed E-state index contributed by atoms with van der Waals surface area (Å²) in [5.74, 6) is -1.55. The highest BCUT2D eigenvalue weighted by atomic mass is 16.6. The summed E-state index contributed by atoms with van der Waals surface area (Å²) < 4.78 is 10.3. The van der Waals surface area contributed by atoms with Crippen molar-refractivity contribution in [2.24, 2.45) is 0 Å². The van der Waals surface area contributed by atoms with Crippen LogP contribution in [0.3, 0.4) is 0 Å². The lowest BCUT2D eigenvalue weighted by atomic mass is 10.1. The number of rotatable bonds is 12. The van der Waals surface area contributed by atoms with Gasteiger partial charge in [0.1, 0.15) is 23.7 Å². The molecule has 0 aliphatic heterocycles. The number of alkyl carbamates (subject to hydrolysis) is 1. The first-order valence-corrected chi connectivity index (χ1v) is 10.6. The van der Waals surface area contributed by atoms with Crippen LogP contribution in [-0.2, 0) is 23.9 Å². The molecule has 0 aromatic heterocycles. The Morgan fingerprint density at radius 1 is 0.806 bits per heavy atom. The largest absolute Gasteiger partial charge is 0.460 e. The molecule has 0 rings (SSSR count). The maximum atomic E-state index is 12.4. The van der Waals surface area contributed by atoms with Crippen molar-refractivity contribution in [3.05, 3.63) is 0 Å². The van der Waals surface area contributed by atoms with Crippen LogP contribution in [0.1, 0.15) is 67.2 Å². The van der Waals surface area contributed by atoms with Crippen molar-refractivity contribution in [1.82, 2.24) is 21.3 Å². The molecule has 0 aromatic carbocycles. The van der Waals surface area contributed by atoms with Crippen molar-refractivity contribution >= 4 is 23.9 Å². The molecule has 3 amide bonds. The van der Waals surface area contributed by atoms with E-state index in [1.54, 1.807) is 48.6 Å². The Balaban J connectivity index is 4.60. The Labute approximate surface area is 185 Å². The molecule has 4 N–H and O–H groups in total. The normalized spacial score (nSPS) is 12.5. The minimum Gasteiger partial charge on any atom is -0.460 e. The number of esters is 1. The molecule has 0 bridgehead atoms. The summed E-state index contributed by atoms with van der Waals surface area (Å²) in [5.41, 5.74) is -1.26. The minimum absolute atomic E-state index is 0.326. The van der Waals surface area contributed by atoms with Gasteiger partial charge in [0.2, 0.25) is 11.8 Å². The summed E-state index contributed by atoms with van der Waals surface area (Å²) in [7, 11) is 1.77. The highest BCUT2D eigenvalue weighted by molar-refractivity contribution is 5.96. The van der Waals surface area contributed by atoms with Crippen LogP contribution in [0.2, 0.25) is 0 Å². The zero-order valence-electron chi connectivity index (χ0n) is 20.0. The monoisotopic (exact) mass is 444 g/mol. The molecule has 31 heavy (non-hydrogen) atoms. The SMILES string of the molecule is CNCCNC(=O)C(CCCCNC(=O)OC(C)(C)C)NC(=O)CC(=O)OC(C)(C)C. The first kappa shape index (κ1) is 28.6. The minimum atomic E-state index is -0.784. The average Bonchev–Trinajstić information content (AvgIpc) is 2.57. The van der Waals surface area contributed by atoms with E-state index in [0.717, 1.165) is 0 Å². The molecule has 0 aliphatic rings. The second kappa shape index (κ2) is 13.8. The number of likely N-dealkylation sites (N-methyl/N-ethyl adjacent to an activating group) is 1. The Morgan fingerprint density at radius 2 is 1.42 bits per heavy atom. The second-order valence-electron chi connectivity index (χ2n) is 9.20. The second-order valence-corrected chi connectivity index (χ2v) is 9.20. The smallest absolute Gasteiger partial charge is 0.407 e.